The molecule has 1 aliphatic heterocycles. The maximum atomic E-state index is 12.0. The Morgan fingerprint density at radius 3 is 2.41 bits per heavy atom. The standard InChI is InChI=1S/C22H39N5O7/c1-3-16-14-20(30)27(22(16)32)10-7-18(28)26-9-11-33-12-13-34-15-19(29)25-8-5-4-6-17(24-2)21(23)31/h16-17,24H,3-15H2,1-2H3,(H2,23,31)(H,25,29)(H,26,28). The zero-order chi connectivity index (χ0) is 25.3. The van der Waals surface area contributed by atoms with E-state index in [-0.39, 0.29) is 87.3 Å². The first-order valence-electron chi connectivity index (χ1n) is 11.8. The zero-order valence-electron chi connectivity index (χ0n) is 20.2. The number of nitrogens with one attached hydrogen (secondary N) is 3. The Morgan fingerprint density at radius 1 is 1.06 bits per heavy atom. The SMILES string of the molecule is CCC1CC(=O)N(CCC(=O)NCCOCCOCC(=O)NCCCCC(NC)C(N)=O)C1=O. The Bertz CT molecular complexity index is 689. The van der Waals surface area contributed by atoms with E-state index in [9.17, 15) is 24.0 Å². The van der Waals surface area contributed by atoms with E-state index in [4.69, 9.17) is 15.2 Å². The van der Waals surface area contributed by atoms with Crippen LogP contribution in [-0.2, 0) is 33.4 Å². The molecule has 5 N–H and O–H groups in total. The molecule has 1 rings (SSSR count). The topological polar surface area (TPSA) is 169 Å². The Hall–Kier alpha value is -2.57. The molecule has 0 bridgehead atoms. The molecule has 0 saturated carbocycles. The summed E-state index contributed by atoms with van der Waals surface area (Å²) in [5.41, 5.74) is 5.24. The highest BCUT2D eigenvalue weighted by Gasteiger charge is 2.37. The number of likely N-dealkylation sites (N-methyl/N-ethyl adjacent to an activating group) is 1. The highest BCUT2D eigenvalue weighted by molar-refractivity contribution is 6.03. The second-order valence-electron chi connectivity index (χ2n) is 8.05. The lowest BCUT2D eigenvalue weighted by molar-refractivity contribution is -0.139. The lowest BCUT2D eigenvalue weighted by Crippen LogP contribution is -2.39. The van der Waals surface area contributed by atoms with Crippen molar-refractivity contribution >= 4 is 29.5 Å². The number of nitrogens with two attached hydrogens (primary N) is 1. The highest BCUT2D eigenvalue weighted by Crippen LogP contribution is 2.22. The molecule has 2 unspecified atom stereocenters. The maximum absolute atomic E-state index is 12.0. The molecule has 12 heteroatoms. The fourth-order valence-electron chi connectivity index (χ4n) is 3.44. The number of nitrogens with zero attached hydrogens (tertiary/aromatic N) is 1. The molecule has 0 aromatic carbocycles. The number of carbonyl (C=O) groups is 5. The van der Waals surface area contributed by atoms with Gasteiger partial charge in [-0.2, -0.15) is 0 Å². The number of ether oxygens (including phenoxy) is 2. The molecule has 34 heavy (non-hydrogen) atoms. The van der Waals surface area contributed by atoms with Gasteiger partial charge in [0.15, 0.2) is 0 Å². The van der Waals surface area contributed by atoms with Gasteiger partial charge >= 0.3 is 0 Å². The van der Waals surface area contributed by atoms with Gasteiger partial charge < -0.3 is 31.2 Å². The minimum Gasteiger partial charge on any atom is -0.377 e. The van der Waals surface area contributed by atoms with Crippen LogP contribution < -0.4 is 21.7 Å². The van der Waals surface area contributed by atoms with E-state index >= 15 is 0 Å². The summed E-state index contributed by atoms with van der Waals surface area (Å²) in [6.07, 6.45) is 3.02. The first-order valence-corrected chi connectivity index (χ1v) is 11.8. The first-order chi connectivity index (χ1) is 16.3. The molecule has 12 nitrogen and oxygen atoms in total. The molecule has 5 amide bonds. The van der Waals surface area contributed by atoms with Crippen LogP contribution in [0.3, 0.4) is 0 Å². The van der Waals surface area contributed by atoms with Gasteiger partial charge in [-0.1, -0.05) is 6.92 Å². The summed E-state index contributed by atoms with van der Waals surface area (Å²) in [6, 6.07) is -0.354. The van der Waals surface area contributed by atoms with Gasteiger partial charge in [0.2, 0.25) is 29.5 Å². The highest BCUT2D eigenvalue weighted by atomic mass is 16.5. The van der Waals surface area contributed by atoms with Crippen molar-refractivity contribution in [2.24, 2.45) is 11.7 Å². The normalized spacial score (nSPS) is 16.5. The summed E-state index contributed by atoms with van der Waals surface area (Å²) >= 11 is 0. The predicted octanol–water partition coefficient (Wildman–Crippen LogP) is -1.33. The summed E-state index contributed by atoms with van der Waals surface area (Å²) < 4.78 is 10.6. The van der Waals surface area contributed by atoms with E-state index in [1.807, 2.05) is 6.92 Å². The molecular weight excluding hydrogens is 446 g/mol. The molecular formula is C22H39N5O7. The number of rotatable bonds is 19. The van der Waals surface area contributed by atoms with Crippen molar-refractivity contribution in [3.8, 4) is 0 Å². The van der Waals surface area contributed by atoms with Crippen molar-refractivity contribution in [1.29, 1.82) is 0 Å². The van der Waals surface area contributed by atoms with E-state index in [0.717, 1.165) is 12.8 Å². The smallest absolute Gasteiger partial charge is 0.245 e. The van der Waals surface area contributed by atoms with Gasteiger partial charge in [-0.05, 0) is 32.7 Å². The number of imide groups is 1. The molecule has 0 aromatic rings. The second-order valence-corrected chi connectivity index (χ2v) is 8.05. The number of primary amides is 1. The average Bonchev–Trinajstić information content (AvgIpc) is 3.08. The van der Waals surface area contributed by atoms with Crippen LogP contribution in [0.25, 0.3) is 0 Å². The van der Waals surface area contributed by atoms with Crippen LogP contribution in [0.2, 0.25) is 0 Å². The first kappa shape index (κ1) is 29.5. The van der Waals surface area contributed by atoms with Crippen molar-refractivity contribution in [1.82, 2.24) is 20.9 Å². The van der Waals surface area contributed by atoms with Gasteiger partial charge in [-0.15, -0.1) is 0 Å². The number of hydrogen-bond acceptors (Lipinski definition) is 8. The van der Waals surface area contributed by atoms with Gasteiger partial charge in [-0.25, -0.2) is 0 Å². The molecule has 2 atom stereocenters. The van der Waals surface area contributed by atoms with Crippen molar-refractivity contribution in [2.45, 2.75) is 51.5 Å². The summed E-state index contributed by atoms with van der Waals surface area (Å²) in [4.78, 5) is 59.7. The van der Waals surface area contributed by atoms with Crippen LogP contribution in [0.4, 0.5) is 0 Å². The summed E-state index contributed by atoms with van der Waals surface area (Å²) in [6.45, 7) is 3.46. The second kappa shape index (κ2) is 17.0. The Balaban J connectivity index is 1.94. The van der Waals surface area contributed by atoms with E-state index < -0.39 is 0 Å². The monoisotopic (exact) mass is 485 g/mol. The van der Waals surface area contributed by atoms with Gasteiger partial charge in [0, 0.05) is 38.4 Å². The molecule has 1 heterocycles. The minimum atomic E-state index is -0.387. The zero-order valence-corrected chi connectivity index (χ0v) is 20.2. The quantitative estimate of drug-likeness (QED) is 0.129. The Labute approximate surface area is 200 Å². The van der Waals surface area contributed by atoms with E-state index in [2.05, 4.69) is 16.0 Å². The largest absolute Gasteiger partial charge is 0.377 e. The lowest BCUT2D eigenvalue weighted by atomic mass is 10.1. The van der Waals surface area contributed by atoms with Gasteiger partial charge in [0.25, 0.3) is 0 Å². The molecule has 0 radical (unpaired) electrons. The summed E-state index contributed by atoms with van der Waals surface area (Å²) in [5, 5.41) is 8.25. The lowest BCUT2D eigenvalue weighted by Gasteiger charge is -2.14. The predicted molar refractivity (Wildman–Crippen MR) is 123 cm³/mol. The van der Waals surface area contributed by atoms with Gasteiger partial charge in [-0.3, -0.25) is 28.9 Å². The van der Waals surface area contributed by atoms with Crippen molar-refractivity contribution in [2.75, 3.05) is 53.1 Å². The molecule has 0 aliphatic carbocycles. The van der Waals surface area contributed by atoms with Crippen LogP contribution in [-0.4, -0.2) is 93.6 Å². The third-order valence-electron chi connectivity index (χ3n) is 5.50. The molecule has 0 spiro atoms. The van der Waals surface area contributed by atoms with Crippen LogP contribution in [0, 0.1) is 5.92 Å². The molecule has 1 aliphatic rings. The van der Waals surface area contributed by atoms with Crippen molar-refractivity contribution < 1.29 is 33.4 Å². The fraction of sp³-hybridized carbons (Fsp3) is 0.773. The molecule has 1 fully saturated rings. The van der Waals surface area contributed by atoms with Crippen LogP contribution >= 0.6 is 0 Å². The Kier molecular flexibility index (Phi) is 14.7. The third kappa shape index (κ3) is 11.5. The van der Waals surface area contributed by atoms with Gasteiger partial charge in [0.05, 0.1) is 25.9 Å². The van der Waals surface area contributed by atoms with Crippen LogP contribution in [0.1, 0.15) is 45.4 Å². The molecule has 194 valence electrons. The number of unbranched alkanes of at least 4 members (excludes halogenated alkanes) is 1. The summed E-state index contributed by atoms with van der Waals surface area (Å²) in [5.74, 6) is -1.55. The molecule has 0 aromatic heterocycles. The van der Waals surface area contributed by atoms with E-state index in [1.54, 1.807) is 7.05 Å². The number of carbonyl (C=O) groups excluding carboxylic acids is 5. The number of likely N-dealkylation sites (tertiary alicyclic amines) is 1. The molecule has 1 saturated heterocycles. The Morgan fingerprint density at radius 2 is 1.76 bits per heavy atom. The summed E-state index contributed by atoms with van der Waals surface area (Å²) in [7, 11) is 1.68. The van der Waals surface area contributed by atoms with Crippen LogP contribution in [0.5, 0.6) is 0 Å². The minimum absolute atomic E-state index is 0.0629. The maximum Gasteiger partial charge on any atom is 0.245 e. The number of hydrogen-bond donors (Lipinski definition) is 4. The van der Waals surface area contributed by atoms with E-state index in [0.29, 0.717) is 25.9 Å². The van der Waals surface area contributed by atoms with Crippen LogP contribution in [0.15, 0.2) is 0 Å². The number of amides is 5. The van der Waals surface area contributed by atoms with E-state index in [1.165, 1.54) is 4.90 Å². The fourth-order valence-corrected chi connectivity index (χ4v) is 3.44. The van der Waals surface area contributed by atoms with Crippen molar-refractivity contribution in [3.63, 3.8) is 0 Å². The van der Waals surface area contributed by atoms with Crippen molar-refractivity contribution in [3.05, 3.63) is 0 Å². The average molecular weight is 486 g/mol. The third-order valence-corrected chi connectivity index (χ3v) is 5.50. The van der Waals surface area contributed by atoms with Gasteiger partial charge in [0.1, 0.15) is 6.61 Å².